The molecule has 43 heavy (non-hydrogen) atoms. The molecule has 0 bridgehead atoms. The second-order valence-corrected chi connectivity index (χ2v) is 16.1. The summed E-state index contributed by atoms with van der Waals surface area (Å²) < 4.78 is 10.7. The van der Waals surface area contributed by atoms with E-state index in [1.807, 2.05) is 0 Å². The molecule has 242 valence electrons. The second-order valence-electron chi connectivity index (χ2n) is 16.1. The first-order valence-corrected chi connectivity index (χ1v) is 16.1. The minimum Gasteiger partial charge on any atom is -0.444 e. The topological polar surface area (TPSA) is 101 Å². The molecule has 8 nitrogen and oxygen atoms in total. The Morgan fingerprint density at radius 1 is 0.814 bits per heavy atom. The number of aliphatic imine (C=N–C) groups is 1. The Morgan fingerprint density at radius 2 is 1.28 bits per heavy atom. The number of amides is 2. The first kappa shape index (κ1) is 34.9. The highest BCUT2D eigenvalue weighted by Crippen LogP contribution is 2.46. The molecule has 0 heterocycles. The smallest absolute Gasteiger partial charge is 0.414 e. The highest BCUT2D eigenvalue weighted by atomic mass is 16.6. The lowest BCUT2D eigenvalue weighted by Crippen LogP contribution is -2.47. The Morgan fingerprint density at radius 3 is 1.77 bits per heavy atom. The maximum Gasteiger partial charge on any atom is 0.414 e. The number of benzene rings is 1. The molecule has 0 spiro atoms. The van der Waals surface area contributed by atoms with Gasteiger partial charge in [0.15, 0.2) is 0 Å². The number of nitrogens with zero attached hydrogens (tertiary/aromatic N) is 1. The van der Waals surface area contributed by atoms with Gasteiger partial charge in [-0.1, -0.05) is 39.8 Å². The van der Waals surface area contributed by atoms with Crippen molar-refractivity contribution in [3.8, 4) is 0 Å². The number of ether oxygens (including phenoxy) is 2. The van der Waals surface area contributed by atoms with Crippen molar-refractivity contribution in [2.24, 2.45) is 16.8 Å². The van der Waals surface area contributed by atoms with E-state index in [-0.39, 0.29) is 16.8 Å². The first-order valence-electron chi connectivity index (χ1n) is 16.1. The molecule has 1 aromatic carbocycles. The van der Waals surface area contributed by atoms with Gasteiger partial charge < -0.3 is 14.8 Å². The van der Waals surface area contributed by atoms with Crippen LogP contribution < -0.4 is 16.0 Å². The Bertz CT molecular complexity index is 1130. The number of hydrogen-bond acceptors (Lipinski definition) is 6. The lowest BCUT2D eigenvalue weighted by molar-refractivity contribution is 0.0544. The zero-order chi connectivity index (χ0) is 32.2. The zero-order valence-electron chi connectivity index (χ0n) is 28.8. The Labute approximate surface area is 260 Å². The molecule has 0 aromatic heterocycles. The van der Waals surface area contributed by atoms with Crippen LogP contribution in [0.3, 0.4) is 0 Å². The van der Waals surface area contributed by atoms with Crippen LogP contribution in [0.25, 0.3) is 0 Å². The summed E-state index contributed by atoms with van der Waals surface area (Å²) in [5.74, 6) is 1.08. The highest BCUT2D eigenvalue weighted by Gasteiger charge is 2.37. The average Bonchev–Trinajstić information content (AvgIpc) is 2.84. The van der Waals surface area contributed by atoms with Gasteiger partial charge in [0.2, 0.25) is 5.96 Å². The van der Waals surface area contributed by atoms with Gasteiger partial charge in [-0.3, -0.25) is 15.6 Å². The van der Waals surface area contributed by atoms with E-state index >= 15 is 0 Å². The van der Waals surface area contributed by atoms with Gasteiger partial charge in [-0.05, 0) is 138 Å². The standard InChI is InChI=1S/C35H58N4O4/c1-23-18-27-28(35(10,11)17-16-34(27,8)9)19-26(23)22-36-20-24-12-14-25(15-13-24)21-37-29(38-30(40)42-32(2,3)4)39-31(41)43-33(5,6)7/h18-19,24-25,36H,12-17,20-22H2,1-11H3,(H2,37,38,39,40,41). The minimum absolute atomic E-state index is 0.0549. The number of hydrogen-bond donors (Lipinski definition) is 3. The van der Waals surface area contributed by atoms with Gasteiger partial charge in [0.25, 0.3) is 0 Å². The summed E-state index contributed by atoms with van der Waals surface area (Å²) in [6.45, 7) is 24.9. The number of carbonyl (C=O) groups is 2. The number of rotatable bonds is 6. The van der Waals surface area contributed by atoms with Gasteiger partial charge in [-0.25, -0.2) is 9.59 Å². The molecule has 8 heteroatoms. The highest BCUT2D eigenvalue weighted by molar-refractivity contribution is 6.01. The molecular formula is C35H58N4O4. The zero-order valence-corrected chi connectivity index (χ0v) is 28.8. The van der Waals surface area contributed by atoms with E-state index in [4.69, 9.17) is 9.47 Å². The molecule has 1 fully saturated rings. The molecule has 0 unspecified atom stereocenters. The van der Waals surface area contributed by atoms with Crippen molar-refractivity contribution in [1.29, 1.82) is 0 Å². The fraction of sp³-hybridized carbons (Fsp3) is 0.743. The third-order valence-electron chi connectivity index (χ3n) is 8.77. The maximum absolute atomic E-state index is 12.4. The number of guanidine groups is 1. The molecule has 0 radical (unpaired) electrons. The average molecular weight is 599 g/mol. The van der Waals surface area contributed by atoms with Crippen molar-refractivity contribution >= 4 is 18.1 Å². The predicted molar refractivity (Wildman–Crippen MR) is 175 cm³/mol. The van der Waals surface area contributed by atoms with Crippen molar-refractivity contribution in [2.75, 3.05) is 13.1 Å². The van der Waals surface area contributed by atoms with E-state index in [1.54, 1.807) is 41.5 Å². The minimum atomic E-state index is -0.668. The van der Waals surface area contributed by atoms with Gasteiger partial charge in [-0.2, -0.15) is 0 Å². The maximum atomic E-state index is 12.4. The van der Waals surface area contributed by atoms with Crippen LogP contribution in [-0.4, -0.2) is 42.4 Å². The second kappa shape index (κ2) is 13.6. The van der Waals surface area contributed by atoms with Gasteiger partial charge >= 0.3 is 12.2 Å². The van der Waals surface area contributed by atoms with Gasteiger partial charge in [0.05, 0.1) is 0 Å². The summed E-state index contributed by atoms with van der Waals surface area (Å²) in [4.78, 5) is 29.3. The number of nitrogens with one attached hydrogen (secondary N) is 3. The van der Waals surface area contributed by atoms with Crippen molar-refractivity contribution < 1.29 is 19.1 Å². The molecule has 0 saturated heterocycles. The predicted octanol–water partition coefficient (Wildman–Crippen LogP) is 7.65. The Hall–Kier alpha value is -2.61. The summed E-state index contributed by atoms with van der Waals surface area (Å²) in [6.07, 6.45) is 5.51. The molecule has 0 atom stereocenters. The van der Waals surface area contributed by atoms with Crippen LogP contribution >= 0.6 is 0 Å². The third-order valence-corrected chi connectivity index (χ3v) is 8.77. The SMILES string of the molecule is Cc1cc2c(cc1CNCC1CCC(CN=C(NC(=O)OC(C)(C)C)NC(=O)OC(C)(C)C)CC1)C(C)(C)CCC2(C)C. The van der Waals surface area contributed by atoms with E-state index in [2.05, 4.69) is 67.7 Å². The lowest BCUT2D eigenvalue weighted by atomic mass is 9.62. The van der Waals surface area contributed by atoms with Crippen molar-refractivity contribution in [2.45, 2.75) is 143 Å². The summed E-state index contributed by atoms with van der Waals surface area (Å²) in [5, 5.41) is 8.93. The van der Waals surface area contributed by atoms with Crippen LogP contribution in [0.4, 0.5) is 9.59 Å². The van der Waals surface area contributed by atoms with Crippen LogP contribution in [0.1, 0.15) is 130 Å². The summed E-state index contributed by atoms with van der Waals surface area (Å²) in [7, 11) is 0. The molecule has 0 aliphatic heterocycles. The van der Waals surface area contributed by atoms with E-state index < -0.39 is 23.4 Å². The number of fused-ring (bicyclic) bond motifs is 1. The molecule has 3 N–H and O–H groups in total. The number of alkyl carbamates (subject to hydrolysis) is 2. The number of aryl methyl sites for hydroxylation is 1. The fourth-order valence-electron chi connectivity index (χ4n) is 6.12. The molecule has 1 aromatic rings. The van der Waals surface area contributed by atoms with Crippen molar-refractivity contribution in [3.63, 3.8) is 0 Å². The van der Waals surface area contributed by atoms with E-state index in [1.165, 1.54) is 35.1 Å². The van der Waals surface area contributed by atoms with E-state index in [0.29, 0.717) is 18.4 Å². The van der Waals surface area contributed by atoms with Crippen LogP contribution in [0.5, 0.6) is 0 Å². The van der Waals surface area contributed by atoms with Gasteiger partial charge in [-0.15, -0.1) is 0 Å². The van der Waals surface area contributed by atoms with Gasteiger partial charge in [0, 0.05) is 13.1 Å². The van der Waals surface area contributed by atoms with E-state index in [0.717, 1.165) is 38.8 Å². The molecule has 2 aliphatic rings. The summed E-state index contributed by atoms with van der Waals surface area (Å²) >= 11 is 0. The number of carbonyl (C=O) groups excluding carboxylic acids is 2. The fourth-order valence-corrected chi connectivity index (χ4v) is 6.12. The summed E-state index contributed by atoms with van der Waals surface area (Å²) in [5.41, 5.74) is 4.97. The third kappa shape index (κ3) is 10.8. The van der Waals surface area contributed by atoms with Gasteiger partial charge in [0.1, 0.15) is 11.2 Å². The molecular weight excluding hydrogens is 540 g/mol. The Balaban J connectivity index is 1.52. The first-order chi connectivity index (χ1) is 19.7. The Kier molecular flexibility index (Phi) is 11.0. The van der Waals surface area contributed by atoms with E-state index in [9.17, 15) is 9.59 Å². The molecule has 3 rings (SSSR count). The van der Waals surface area contributed by atoms with Crippen molar-refractivity contribution in [1.82, 2.24) is 16.0 Å². The largest absolute Gasteiger partial charge is 0.444 e. The molecule has 2 amide bonds. The lowest BCUT2D eigenvalue weighted by Gasteiger charge is -2.42. The molecule has 1 saturated carbocycles. The molecule has 2 aliphatic carbocycles. The van der Waals surface area contributed by atoms with Crippen LogP contribution in [0.15, 0.2) is 17.1 Å². The normalized spacial score (nSPS) is 21.3. The quantitative estimate of drug-likeness (QED) is 0.231. The van der Waals surface area contributed by atoms with Crippen LogP contribution in [0.2, 0.25) is 0 Å². The van der Waals surface area contributed by atoms with Crippen molar-refractivity contribution in [3.05, 3.63) is 34.4 Å². The monoisotopic (exact) mass is 598 g/mol. The van der Waals surface area contributed by atoms with Crippen LogP contribution in [0, 0.1) is 18.8 Å². The van der Waals surface area contributed by atoms with Crippen LogP contribution in [-0.2, 0) is 26.8 Å². The summed E-state index contributed by atoms with van der Waals surface area (Å²) in [6, 6.07) is 4.92.